The zero-order chi connectivity index (χ0) is 17.3. The molecule has 130 valence electrons. The SMILES string of the molecule is CCC(=O)N=C1S[C@H]2CS(=O)(=O)C[C@@H]2N1CCc1ccc(F)cc1. The van der Waals surface area contributed by atoms with E-state index in [-0.39, 0.29) is 34.5 Å². The van der Waals surface area contributed by atoms with E-state index in [0.717, 1.165) is 5.56 Å². The van der Waals surface area contributed by atoms with Crippen LogP contribution in [0.5, 0.6) is 0 Å². The van der Waals surface area contributed by atoms with Crippen molar-refractivity contribution in [1.82, 2.24) is 4.90 Å². The van der Waals surface area contributed by atoms with Crippen LogP contribution in [0.25, 0.3) is 0 Å². The number of nitrogens with zero attached hydrogens (tertiary/aromatic N) is 2. The molecule has 0 aromatic heterocycles. The molecular formula is C16H19FN2O3S2. The van der Waals surface area contributed by atoms with E-state index in [1.54, 1.807) is 19.1 Å². The van der Waals surface area contributed by atoms with Crippen molar-refractivity contribution in [3.63, 3.8) is 0 Å². The maximum Gasteiger partial charge on any atom is 0.247 e. The highest BCUT2D eigenvalue weighted by Gasteiger charge is 2.48. The molecule has 2 aliphatic heterocycles. The van der Waals surface area contributed by atoms with Gasteiger partial charge in [0.05, 0.1) is 17.5 Å². The van der Waals surface area contributed by atoms with Gasteiger partial charge in [0.25, 0.3) is 0 Å². The van der Waals surface area contributed by atoms with Gasteiger partial charge in [0.2, 0.25) is 5.91 Å². The fourth-order valence-electron chi connectivity index (χ4n) is 2.98. The highest BCUT2D eigenvalue weighted by molar-refractivity contribution is 8.15. The molecule has 2 atom stereocenters. The van der Waals surface area contributed by atoms with Crippen molar-refractivity contribution < 1.29 is 17.6 Å². The number of hydrogen-bond acceptors (Lipinski definition) is 4. The minimum absolute atomic E-state index is 0.0633. The zero-order valence-corrected chi connectivity index (χ0v) is 14.9. The molecule has 2 fully saturated rings. The number of sulfone groups is 1. The van der Waals surface area contributed by atoms with Gasteiger partial charge in [-0.1, -0.05) is 30.8 Å². The molecule has 0 radical (unpaired) electrons. The van der Waals surface area contributed by atoms with Gasteiger partial charge >= 0.3 is 0 Å². The Labute approximate surface area is 145 Å². The van der Waals surface area contributed by atoms with Crippen LogP contribution in [0.4, 0.5) is 4.39 Å². The monoisotopic (exact) mass is 370 g/mol. The summed E-state index contributed by atoms with van der Waals surface area (Å²) in [5.74, 6) is -0.248. The maximum atomic E-state index is 13.0. The number of carbonyl (C=O) groups is 1. The van der Waals surface area contributed by atoms with Crippen LogP contribution >= 0.6 is 11.8 Å². The van der Waals surface area contributed by atoms with Gasteiger partial charge in [0, 0.05) is 18.2 Å². The lowest BCUT2D eigenvalue weighted by molar-refractivity contribution is -0.117. The molecule has 0 saturated carbocycles. The fourth-order valence-corrected chi connectivity index (χ4v) is 6.98. The van der Waals surface area contributed by atoms with Gasteiger partial charge in [-0.2, -0.15) is 4.99 Å². The lowest BCUT2D eigenvalue weighted by atomic mass is 10.1. The largest absolute Gasteiger partial charge is 0.346 e. The molecule has 1 amide bonds. The van der Waals surface area contributed by atoms with E-state index in [9.17, 15) is 17.6 Å². The molecule has 0 aliphatic carbocycles. The van der Waals surface area contributed by atoms with Crippen LogP contribution in [-0.2, 0) is 21.1 Å². The van der Waals surface area contributed by atoms with E-state index in [1.165, 1.54) is 23.9 Å². The molecule has 24 heavy (non-hydrogen) atoms. The van der Waals surface area contributed by atoms with Gasteiger partial charge in [-0.25, -0.2) is 12.8 Å². The van der Waals surface area contributed by atoms with Crippen LogP contribution in [0.3, 0.4) is 0 Å². The lowest BCUT2D eigenvalue weighted by Crippen LogP contribution is -2.39. The van der Waals surface area contributed by atoms with E-state index in [0.29, 0.717) is 24.6 Å². The number of halogens is 1. The first-order valence-electron chi connectivity index (χ1n) is 7.87. The van der Waals surface area contributed by atoms with E-state index >= 15 is 0 Å². The molecule has 1 aromatic carbocycles. The Morgan fingerprint density at radius 3 is 2.71 bits per heavy atom. The van der Waals surface area contributed by atoms with Gasteiger partial charge in [-0.05, 0) is 24.1 Å². The molecule has 0 spiro atoms. The minimum Gasteiger partial charge on any atom is -0.346 e. The molecule has 0 N–H and O–H groups in total. The molecule has 0 unspecified atom stereocenters. The third-order valence-corrected chi connectivity index (χ3v) is 7.50. The Kier molecular flexibility index (Phi) is 4.96. The van der Waals surface area contributed by atoms with Gasteiger partial charge in [-0.3, -0.25) is 4.79 Å². The second-order valence-corrected chi connectivity index (χ2v) is 9.37. The average Bonchev–Trinajstić information content (AvgIpc) is 2.98. The fraction of sp³-hybridized carbons (Fsp3) is 0.500. The Morgan fingerprint density at radius 2 is 2.04 bits per heavy atom. The predicted molar refractivity (Wildman–Crippen MR) is 93.4 cm³/mol. The van der Waals surface area contributed by atoms with E-state index < -0.39 is 9.84 Å². The second kappa shape index (κ2) is 6.84. The van der Waals surface area contributed by atoms with Gasteiger partial charge in [-0.15, -0.1) is 0 Å². The maximum absolute atomic E-state index is 13.0. The van der Waals surface area contributed by atoms with E-state index in [2.05, 4.69) is 4.99 Å². The molecule has 0 bridgehead atoms. The number of rotatable bonds is 4. The van der Waals surface area contributed by atoms with Crippen LogP contribution in [-0.4, -0.2) is 53.7 Å². The van der Waals surface area contributed by atoms with Crippen molar-refractivity contribution in [1.29, 1.82) is 0 Å². The average molecular weight is 370 g/mol. The first kappa shape index (κ1) is 17.4. The summed E-state index contributed by atoms with van der Waals surface area (Å²) >= 11 is 1.39. The van der Waals surface area contributed by atoms with Crippen molar-refractivity contribution in [2.24, 2.45) is 4.99 Å². The summed E-state index contributed by atoms with van der Waals surface area (Å²) in [6, 6.07) is 6.12. The van der Waals surface area contributed by atoms with Gasteiger partial charge in [0.15, 0.2) is 15.0 Å². The highest BCUT2D eigenvalue weighted by Crippen LogP contribution is 2.38. The third-order valence-electron chi connectivity index (χ3n) is 4.25. The summed E-state index contributed by atoms with van der Waals surface area (Å²) in [7, 11) is -3.04. The number of amidine groups is 1. The van der Waals surface area contributed by atoms with Crippen molar-refractivity contribution in [3.05, 3.63) is 35.6 Å². The van der Waals surface area contributed by atoms with Crippen LogP contribution in [0.15, 0.2) is 29.3 Å². The summed E-state index contributed by atoms with van der Waals surface area (Å²) < 4.78 is 36.8. The summed E-state index contributed by atoms with van der Waals surface area (Å²) in [6.07, 6.45) is 0.965. The quantitative estimate of drug-likeness (QED) is 0.810. The first-order valence-corrected chi connectivity index (χ1v) is 10.6. The molecule has 5 nitrogen and oxygen atoms in total. The third kappa shape index (κ3) is 3.80. The van der Waals surface area contributed by atoms with Gasteiger partial charge in [0.1, 0.15) is 5.82 Å². The smallest absolute Gasteiger partial charge is 0.247 e. The molecule has 1 aromatic rings. The molecule has 2 saturated heterocycles. The van der Waals surface area contributed by atoms with Crippen LogP contribution in [0.2, 0.25) is 0 Å². The summed E-state index contributed by atoms with van der Waals surface area (Å²) in [6.45, 7) is 2.31. The number of carbonyl (C=O) groups excluding carboxylic acids is 1. The first-order chi connectivity index (χ1) is 11.4. The minimum atomic E-state index is -3.04. The highest BCUT2D eigenvalue weighted by atomic mass is 32.2. The summed E-state index contributed by atoms with van der Waals surface area (Å²) in [5.41, 5.74) is 0.965. The summed E-state index contributed by atoms with van der Waals surface area (Å²) in [5, 5.41) is 0.556. The standard InChI is InChI=1S/C16H19FN2O3S2/c1-2-15(20)18-16-19(8-7-11-3-5-12(17)6-4-11)13-9-24(21,22)10-14(13)23-16/h3-6,13-14H,2,7-10H2,1H3/t13-,14-/m0/s1. The predicted octanol–water partition coefficient (Wildman–Crippen LogP) is 1.88. The topological polar surface area (TPSA) is 66.8 Å². The normalized spacial score (nSPS) is 26.8. The van der Waals surface area contributed by atoms with Crippen molar-refractivity contribution in [3.8, 4) is 0 Å². The van der Waals surface area contributed by atoms with Crippen molar-refractivity contribution in [2.45, 2.75) is 31.1 Å². The Balaban J connectivity index is 1.78. The number of hydrogen-bond donors (Lipinski definition) is 0. The Bertz CT molecular complexity index is 762. The molecule has 3 rings (SSSR count). The number of amides is 1. The second-order valence-electron chi connectivity index (χ2n) is 6.01. The summed E-state index contributed by atoms with van der Waals surface area (Å²) in [4.78, 5) is 17.8. The molecule has 2 heterocycles. The van der Waals surface area contributed by atoms with E-state index in [4.69, 9.17) is 0 Å². The van der Waals surface area contributed by atoms with Crippen LogP contribution < -0.4 is 0 Å². The van der Waals surface area contributed by atoms with Crippen LogP contribution in [0.1, 0.15) is 18.9 Å². The number of thioether (sulfide) groups is 1. The Hall–Kier alpha value is -1.41. The Morgan fingerprint density at radius 1 is 1.33 bits per heavy atom. The lowest BCUT2D eigenvalue weighted by Gasteiger charge is -2.24. The number of aliphatic imine (C=N–C) groups is 1. The van der Waals surface area contributed by atoms with Gasteiger partial charge < -0.3 is 4.90 Å². The molecule has 8 heteroatoms. The zero-order valence-electron chi connectivity index (χ0n) is 13.3. The molecule has 2 aliphatic rings. The number of benzene rings is 1. The van der Waals surface area contributed by atoms with E-state index in [1.807, 2.05) is 4.90 Å². The van der Waals surface area contributed by atoms with Crippen LogP contribution in [0, 0.1) is 5.82 Å². The van der Waals surface area contributed by atoms with Crippen molar-refractivity contribution in [2.75, 3.05) is 18.1 Å². The number of fused-ring (bicyclic) bond motifs is 1. The molecular weight excluding hydrogens is 351 g/mol. The van der Waals surface area contributed by atoms with Crippen molar-refractivity contribution >= 4 is 32.7 Å².